The van der Waals surface area contributed by atoms with Crippen LogP contribution in [0.4, 0.5) is 5.82 Å². The molecule has 3 heterocycles. The van der Waals surface area contributed by atoms with Gasteiger partial charge in [0.2, 0.25) is 17.7 Å². The summed E-state index contributed by atoms with van der Waals surface area (Å²) in [5, 5.41) is 35.6. The maximum absolute atomic E-state index is 14.0. The number of halogens is 1. The summed E-state index contributed by atoms with van der Waals surface area (Å²) >= 11 is 7.82. The molecule has 2 fully saturated rings. The fraction of sp³-hybridized carbons (Fsp3) is 0.415. The molecule has 1 aliphatic carbocycles. The summed E-state index contributed by atoms with van der Waals surface area (Å²) < 4.78 is 6.37. The van der Waals surface area contributed by atoms with Crippen LogP contribution in [0.5, 0.6) is 5.75 Å². The summed E-state index contributed by atoms with van der Waals surface area (Å²) in [4.78, 5) is 65.5. The number of aromatic nitrogens is 2. The second kappa shape index (κ2) is 21.3. The minimum absolute atomic E-state index is 0.0105. The average molecular weight is 989 g/mol. The number of benzene rings is 3. The summed E-state index contributed by atoms with van der Waals surface area (Å²) in [6.45, 7) is 16.9. The standard InChI is InChI=1S/C53H62ClN9O6S/c1-31-44(70-30-60-31)34-11-9-32(10-12-34)26-59-47(67)41-23-38(64)29-63(41)48(68)45(51(2,3)4)61-43(65)28-56-21-22-57-42-20-18-37(27-58-42)33-13-15-35(16-14-33)46(66)62-49-52(5,6)50(53(49,7)8)69-39-19-17-36(25-55)40(54)24-39/h9-20,24,27,30,38,41,45,49-50,56,64H,21-23,26,28-29H2,1-8H3,(H,57,58)(H,59,67)(H,61,65)(H,62,66)/t38-,41+,45?,49-,50-/m1/s1. The fourth-order valence-electron chi connectivity index (χ4n) is 9.77. The number of ether oxygens (including phenoxy) is 1. The van der Waals surface area contributed by atoms with Gasteiger partial charge < -0.3 is 41.3 Å². The Balaban J connectivity index is 0.839. The van der Waals surface area contributed by atoms with E-state index in [2.05, 4.69) is 70.3 Å². The molecule has 1 saturated carbocycles. The van der Waals surface area contributed by atoms with Crippen LogP contribution in [0.15, 0.2) is 90.6 Å². The molecule has 0 bridgehead atoms. The van der Waals surface area contributed by atoms with Crippen molar-refractivity contribution >= 4 is 52.4 Å². The number of thiazole rings is 1. The summed E-state index contributed by atoms with van der Waals surface area (Å²) in [5.74, 6) is -0.132. The SMILES string of the molecule is Cc1ncsc1-c1ccc(CNC(=O)[C@@H]2C[C@@H](O)CN2C(=O)C(NC(=O)CNCCNc2ccc(-c3ccc(C(=O)N[C@H]4C(C)(C)[C@H](Oc5ccc(C#N)c(Cl)c5)C4(C)C)cc3)cn2)C(C)(C)C)cc1. The Bertz CT molecular complexity index is 2720. The van der Waals surface area contributed by atoms with Gasteiger partial charge in [0.05, 0.1) is 39.3 Å². The molecule has 70 heavy (non-hydrogen) atoms. The van der Waals surface area contributed by atoms with Crippen LogP contribution in [0.25, 0.3) is 21.6 Å². The van der Waals surface area contributed by atoms with E-state index in [-0.39, 0.29) is 55.9 Å². The molecule has 6 N–H and O–H groups in total. The van der Waals surface area contributed by atoms with Crippen molar-refractivity contribution in [1.82, 2.24) is 36.1 Å². The normalized spacial score (nSPS) is 19.5. The molecule has 5 aromatic rings. The zero-order valence-electron chi connectivity index (χ0n) is 40.9. The van der Waals surface area contributed by atoms with Gasteiger partial charge in [0.15, 0.2) is 0 Å². The number of β-amino-alcohol motifs (C(OH)–C–C–N with tert-alkyl or cyclic N) is 1. The quantitative estimate of drug-likeness (QED) is 0.0517. The lowest BCUT2D eigenvalue weighted by Gasteiger charge is -2.63. The summed E-state index contributed by atoms with van der Waals surface area (Å²) in [6.07, 6.45) is 0.764. The average Bonchev–Trinajstić information content (AvgIpc) is 3.95. The van der Waals surface area contributed by atoms with Crippen LogP contribution in [0.2, 0.25) is 5.02 Å². The Morgan fingerprint density at radius 3 is 2.24 bits per heavy atom. The lowest BCUT2D eigenvalue weighted by atomic mass is 9.49. The van der Waals surface area contributed by atoms with Crippen LogP contribution in [0, 0.1) is 34.5 Å². The van der Waals surface area contributed by atoms with E-state index >= 15 is 0 Å². The van der Waals surface area contributed by atoms with Crippen LogP contribution < -0.4 is 31.3 Å². The van der Waals surface area contributed by atoms with Crippen LogP contribution in [-0.2, 0) is 20.9 Å². The third kappa shape index (κ3) is 11.6. The van der Waals surface area contributed by atoms with Gasteiger partial charge in [-0.15, -0.1) is 11.3 Å². The van der Waals surface area contributed by atoms with Crippen LogP contribution in [-0.4, -0.2) is 100 Å². The Morgan fingerprint density at radius 2 is 1.63 bits per heavy atom. The number of anilines is 1. The van der Waals surface area contributed by atoms with E-state index in [0.29, 0.717) is 40.8 Å². The number of likely N-dealkylation sites (tertiary alicyclic amines) is 1. The van der Waals surface area contributed by atoms with Gasteiger partial charge in [0, 0.05) is 72.9 Å². The van der Waals surface area contributed by atoms with Crippen molar-refractivity contribution in [2.24, 2.45) is 16.2 Å². The number of rotatable bonds is 17. The first kappa shape index (κ1) is 51.5. The van der Waals surface area contributed by atoms with Crippen molar-refractivity contribution in [3.63, 3.8) is 0 Å². The molecule has 368 valence electrons. The molecule has 17 heteroatoms. The highest BCUT2D eigenvalue weighted by Gasteiger charge is 2.64. The van der Waals surface area contributed by atoms with E-state index in [9.17, 15) is 29.5 Å². The lowest BCUT2D eigenvalue weighted by molar-refractivity contribution is -0.164. The number of nitrogens with zero attached hydrogens (tertiary/aromatic N) is 4. The van der Waals surface area contributed by atoms with Crippen LogP contribution >= 0.6 is 22.9 Å². The van der Waals surface area contributed by atoms with Gasteiger partial charge in [0.25, 0.3) is 5.91 Å². The number of pyridine rings is 1. The number of carbonyl (C=O) groups is 4. The number of aryl methyl sites for hydroxylation is 1. The number of hydrogen-bond donors (Lipinski definition) is 6. The van der Waals surface area contributed by atoms with Gasteiger partial charge in [-0.3, -0.25) is 19.2 Å². The van der Waals surface area contributed by atoms with Crippen LogP contribution in [0.3, 0.4) is 0 Å². The number of nitriles is 1. The van der Waals surface area contributed by atoms with Gasteiger partial charge in [-0.2, -0.15) is 5.26 Å². The van der Waals surface area contributed by atoms with Crippen molar-refractivity contribution in [2.45, 2.75) is 98.7 Å². The van der Waals surface area contributed by atoms with E-state index in [1.807, 2.05) is 81.7 Å². The molecule has 0 spiro atoms. The zero-order valence-corrected chi connectivity index (χ0v) is 42.4. The lowest BCUT2D eigenvalue weighted by Crippen LogP contribution is -2.74. The van der Waals surface area contributed by atoms with Crippen molar-refractivity contribution in [3.05, 3.63) is 118 Å². The van der Waals surface area contributed by atoms with Crippen molar-refractivity contribution in [3.8, 4) is 33.4 Å². The van der Waals surface area contributed by atoms with E-state index in [1.54, 1.807) is 47.9 Å². The Kier molecular flexibility index (Phi) is 15.7. The Morgan fingerprint density at radius 1 is 0.943 bits per heavy atom. The molecule has 3 aromatic carbocycles. The maximum Gasteiger partial charge on any atom is 0.251 e. The third-order valence-corrected chi connectivity index (χ3v) is 14.6. The van der Waals surface area contributed by atoms with Crippen molar-refractivity contribution in [2.75, 3.05) is 31.5 Å². The highest BCUT2D eigenvalue weighted by molar-refractivity contribution is 7.13. The molecule has 1 aliphatic heterocycles. The summed E-state index contributed by atoms with van der Waals surface area (Å²) in [7, 11) is 0. The molecule has 0 radical (unpaired) electrons. The largest absolute Gasteiger partial charge is 0.489 e. The number of aliphatic hydroxyl groups excluding tert-OH is 1. The molecule has 1 saturated heterocycles. The van der Waals surface area contributed by atoms with E-state index in [4.69, 9.17) is 16.3 Å². The predicted molar refractivity (Wildman–Crippen MR) is 272 cm³/mol. The number of hydrogen-bond acceptors (Lipinski definition) is 12. The van der Waals surface area contributed by atoms with Gasteiger partial charge >= 0.3 is 0 Å². The van der Waals surface area contributed by atoms with Gasteiger partial charge in [-0.05, 0) is 65.4 Å². The smallest absolute Gasteiger partial charge is 0.251 e. The van der Waals surface area contributed by atoms with Gasteiger partial charge in [0.1, 0.15) is 35.8 Å². The van der Waals surface area contributed by atoms with Crippen molar-refractivity contribution < 1.29 is 29.0 Å². The molecule has 15 nitrogen and oxygen atoms in total. The highest BCUT2D eigenvalue weighted by atomic mass is 35.5. The second-order valence-electron chi connectivity index (χ2n) is 20.4. The molecule has 3 atom stereocenters. The third-order valence-electron chi connectivity index (χ3n) is 13.3. The minimum atomic E-state index is -0.941. The first-order valence-corrected chi connectivity index (χ1v) is 24.7. The molecule has 2 aromatic heterocycles. The first-order chi connectivity index (χ1) is 33.2. The number of nitrogens with one attached hydrogen (secondary N) is 5. The Hall–Kier alpha value is -6.38. The second-order valence-corrected chi connectivity index (χ2v) is 21.6. The molecule has 1 unspecified atom stereocenters. The van der Waals surface area contributed by atoms with E-state index in [0.717, 1.165) is 32.8 Å². The fourth-order valence-corrected chi connectivity index (χ4v) is 10.8. The van der Waals surface area contributed by atoms with Crippen LogP contribution in [0.1, 0.15) is 82.1 Å². The molecular formula is C53H62ClN9O6S. The zero-order chi connectivity index (χ0) is 50.5. The number of amides is 4. The maximum atomic E-state index is 14.0. The number of carbonyl (C=O) groups excluding carboxylic acids is 4. The first-order valence-electron chi connectivity index (χ1n) is 23.4. The van der Waals surface area contributed by atoms with E-state index < -0.39 is 40.3 Å². The minimum Gasteiger partial charge on any atom is -0.489 e. The topological polar surface area (TPSA) is 211 Å². The molecule has 2 aliphatic rings. The van der Waals surface area contributed by atoms with Gasteiger partial charge in [-0.25, -0.2) is 9.97 Å². The monoisotopic (exact) mass is 987 g/mol. The number of aliphatic hydroxyl groups is 1. The molecular weight excluding hydrogens is 926 g/mol. The van der Waals surface area contributed by atoms with Crippen molar-refractivity contribution in [1.29, 1.82) is 5.26 Å². The summed E-state index contributed by atoms with van der Waals surface area (Å²) in [5.41, 5.74) is 5.93. The molecule has 4 amide bonds. The predicted octanol–water partition coefficient (Wildman–Crippen LogP) is 7.13. The highest BCUT2D eigenvalue weighted by Crippen LogP contribution is 2.55. The Labute approximate surface area is 418 Å². The molecule has 7 rings (SSSR count). The van der Waals surface area contributed by atoms with Gasteiger partial charge in [-0.1, -0.05) is 96.5 Å². The summed E-state index contributed by atoms with van der Waals surface area (Å²) in [6, 6.07) is 24.1. The van der Waals surface area contributed by atoms with E-state index in [1.165, 1.54) is 4.90 Å².